The highest BCUT2D eigenvalue weighted by Crippen LogP contribution is 2.27. The highest BCUT2D eigenvalue weighted by molar-refractivity contribution is 6.32. The minimum absolute atomic E-state index is 0.0263. The maximum Gasteiger partial charge on any atom is 0.306 e. The first-order chi connectivity index (χ1) is 12.5. The molecule has 2 aromatic carbocycles. The van der Waals surface area contributed by atoms with Gasteiger partial charge in [-0.2, -0.15) is 0 Å². The molecule has 2 rings (SSSR count). The van der Waals surface area contributed by atoms with Crippen LogP contribution < -0.4 is 10.1 Å². The number of methoxy groups -OCH3 is 1. The van der Waals surface area contributed by atoms with Crippen molar-refractivity contribution >= 4 is 34.9 Å². The van der Waals surface area contributed by atoms with E-state index in [0.717, 1.165) is 0 Å². The van der Waals surface area contributed by atoms with Crippen LogP contribution in [-0.2, 0) is 14.3 Å². The Kier molecular flexibility index (Phi) is 7.17. The molecule has 7 heteroatoms. The van der Waals surface area contributed by atoms with Gasteiger partial charge in [-0.3, -0.25) is 14.4 Å². The summed E-state index contributed by atoms with van der Waals surface area (Å²) in [6.07, 6.45) is -0.0616. The first kappa shape index (κ1) is 19.5. The summed E-state index contributed by atoms with van der Waals surface area (Å²) in [6, 6.07) is 13.4. The molecule has 0 heterocycles. The Bertz CT molecular complexity index is 792. The van der Waals surface area contributed by atoms with Gasteiger partial charge in [0.05, 0.1) is 18.6 Å². The van der Waals surface area contributed by atoms with Crippen LogP contribution in [0.15, 0.2) is 48.5 Å². The molecule has 0 unspecified atom stereocenters. The van der Waals surface area contributed by atoms with Crippen molar-refractivity contribution in [1.29, 1.82) is 0 Å². The molecule has 26 heavy (non-hydrogen) atoms. The molecule has 1 amide bonds. The lowest BCUT2D eigenvalue weighted by atomic mass is 10.1. The molecule has 0 bridgehead atoms. The molecule has 1 N–H and O–H groups in total. The third-order valence-corrected chi connectivity index (χ3v) is 3.75. The molecule has 0 saturated heterocycles. The van der Waals surface area contributed by atoms with Gasteiger partial charge >= 0.3 is 5.97 Å². The Balaban J connectivity index is 1.74. The van der Waals surface area contributed by atoms with Crippen molar-refractivity contribution in [3.05, 3.63) is 59.1 Å². The molecule has 0 saturated carbocycles. The highest BCUT2D eigenvalue weighted by Gasteiger charge is 2.12. The normalized spacial score (nSPS) is 10.1. The van der Waals surface area contributed by atoms with Crippen LogP contribution >= 0.6 is 11.6 Å². The van der Waals surface area contributed by atoms with Gasteiger partial charge < -0.3 is 14.8 Å². The second-order valence-corrected chi connectivity index (χ2v) is 5.75. The van der Waals surface area contributed by atoms with Crippen LogP contribution in [0.1, 0.15) is 23.2 Å². The van der Waals surface area contributed by atoms with Crippen molar-refractivity contribution in [2.75, 3.05) is 19.0 Å². The molecule has 0 radical (unpaired) electrons. The number of ether oxygens (including phenoxy) is 2. The van der Waals surface area contributed by atoms with Crippen molar-refractivity contribution in [2.45, 2.75) is 12.8 Å². The van der Waals surface area contributed by atoms with Crippen LogP contribution in [0.4, 0.5) is 5.69 Å². The Morgan fingerprint density at radius 1 is 1.04 bits per heavy atom. The number of rotatable bonds is 8. The molecule has 0 atom stereocenters. The van der Waals surface area contributed by atoms with E-state index in [1.165, 1.54) is 13.2 Å². The minimum Gasteiger partial charge on any atom is -0.495 e. The molecule has 0 aliphatic carbocycles. The number of anilines is 1. The van der Waals surface area contributed by atoms with Crippen molar-refractivity contribution in [1.82, 2.24) is 0 Å². The SMILES string of the molecule is COc1ccc(NC(=O)COC(=O)CCC(=O)c2ccccc2)cc1Cl. The number of nitrogens with one attached hydrogen (secondary N) is 1. The van der Waals surface area contributed by atoms with E-state index < -0.39 is 18.5 Å². The number of carbonyl (C=O) groups is 3. The van der Waals surface area contributed by atoms with E-state index in [4.69, 9.17) is 21.1 Å². The predicted molar refractivity (Wildman–Crippen MR) is 97.6 cm³/mol. The summed E-state index contributed by atoms with van der Waals surface area (Å²) in [5, 5.41) is 2.91. The molecule has 0 spiro atoms. The molecule has 6 nitrogen and oxygen atoms in total. The van der Waals surface area contributed by atoms with Gasteiger partial charge in [-0.25, -0.2) is 0 Å². The lowest BCUT2D eigenvalue weighted by Crippen LogP contribution is -2.21. The Labute approximate surface area is 156 Å². The van der Waals surface area contributed by atoms with E-state index in [1.54, 1.807) is 42.5 Å². The number of hydrogen-bond acceptors (Lipinski definition) is 5. The monoisotopic (exact) mass is 375 g/mol. The fraction of sp³-hybridized carbons (Fsp3) is 0.211. The zero-order valence-corrected chi connectivity index (χ0v) is 14.9. The molecule has 0 fully saturated rings. The summed E-state index contributed by atoms with van der Waals surface area (Å²) >= 11 is 5.97. The average Bonchev–Trinajstić information content (AvgIpc) is 2.65. The third-order valence-electron chi connectivity index (χ3n) is 3.45. The van der Waals surface area contributed by atoms with Gasteiger partial charge in [0, 0.05) is 17.7 Å². The van der Waals surface area contributed by atoms with Crippen LogP contribution in [0.25, 0.3) is 0 Å². The smallest absolute Gasteiger partial charge is 0.306 e. The largest absolute Gasteiger partial charge is 0.495 e. The summed E-state index contributed by atoms with van der Waals surface area (Å²) in [4.78, 5) is 35.4. The number of amides is 1. The Hall–Kier alpha value is -2.86. The highest BCUT2D eigenvalue weighted by atomic mass is 35.5. The predicted octanol–water partition coefficient (Wildman–Crippen LogP) is 3.49. The number of benzene rings is 2. The standard InChI is InChI=1S/C19H18ClNO5/c1-25-17-9-7-14(11-15(17)20)21-18(23)12-26-19(24)10-8-16(22)13-5-3-2-4-6-13/h2-7,9,11H,8,10,12H2,1H3,(H,21,23). The molecular formula is C19H18ClNO5. The van der Waals surface area contributed by atoms with E-state index >= 15 is 0 Å². The number of halogens is 1. The van der Waals surface area contributed by atoms with Crippen LogP contribution in [0, 0.1) is 0 Å². The van der Waals surface area contributed by atoms with Crippen molar-refractivity contribution in [2.24, 2.45) is 0 Å². The van der Waals surface area contributed by atoms with Gasteiger partial charge in [0.15, 0.2) is 12.4 Å². The lowest BCUT2D eigenvalue weighted by Gasteiger charge is -2.08. The van der Waals surface area contributed by atoms with Gasteiger partial charge in [-0.05, 0) is 18.2 Å². The van der Waals surface area contributed by atoms with E-state index in [0.29, 0.717) is 22.0 Å². The van der Waals surface area contributed by atoms with Gasteiger partial charge in [-0.1, -0.05) is 41.9 Å². The van der Waals surface area contributed by atoms with E-state index in [2.05, 4.69) is 5.32 Å². The third kappa shape index (κ3) is 5.89. The van der Waals surface area contributed by atoms with Gasteiger partial charge in [-0.15, -0.1) is 0 Å². The number of hydrogen-bond donors (Lipinski definition) is 1. The first-order valence-corrected chi connectivity index (χ1v) is 8.24. The van der Waals surface area contributed by atoms with Crippen LogP contribution in [0.3, 0.4) is 0 Å². The quantitative estimate of drug-likeness (QED) is 0.564. The average molecular weight is 376 g/mol. The van der Waals surface area contributed by atoms with Gasteiger partial charge in [0.1, 0.15) is 5.75 Å². The molecule has 136 valence electrons. The first-order valence-electron chi connectivity index (χ1n) is 7.87. The number of esters is 1. The van der Waals surface area contributed by atoms with E-state index in [1.807, 2.05) is 0 Å². The Morgan fingerprint density at radius 3 is 2.42 bits per heavy atom. The number of ketones is 1. The molecule has 0 aliphatic rings. The maximum atomic E-state index is 11.9. The summed E-state index contributed by atoms with van der Waals surface area (Å²) in [7, 11) is 1.49. The molecule has 2 aromatic rings. The lowest BCUT2D eigenvalue weighted by molar-refractivity contribution is -0.147. The maximum absolute atomic E-state index is 11.9. The number of Topliss-reactive ketones (excluding diaryl/α,β-unsaturated/α-hetero) is 1. The van der Waals surface area contributed by atoms with Crippen LogP contribution in [-0.4, -0.2) is 31.4 Å². The second-order valence-electron chi connectivity index (χ2n) is 5.35. The molecule has 0 aromatic heterocycles. The zero-order chi connectivity index (χ0) is 18.9. The van der Waals surface area contributed by atoms with Gasteiger partial charge in [0.25, 0.3) is 5.91 Å². The molecular weight excluding hydrogens is 358 g/mol. The zero-order valence-electron chi connectivity index (χ0n) is 14.2. The van der Waals surface area contributed by atoms with E-state index in [-0.39, 0.29) is 18.6 Å². The van der Waals surface area contributed by atoms with Crippen LogP contribution in [0.5, 0.6) is 5.75 Å². The van der Waals surface area contributed by atoms with Crippen molar-refractivity contribution in [3.8, 4) is 5.75 Å². The Morgan fingerprint density at radius 2 is 1.77 bits per heavy atom. The fourth-order valence-corrected chi connectivity index (χ4v) is 2.40. The summed E-state index contributed by atoms with van der Waals surface area (Å²) in [5.41, 5.74) is 0.991. The minimum atomic E-state index is -0.614. The van der Waals surface area contributed by atoms with Crippen molar-refractivity contribution < 1.29 is 23.9 Å². The fourth-order valence-electron chi connectivity index (χ4n) is 2.14. The van der Waals surface area contributed by atoms with Crippen LogP contribution in [0.2, 0.25) is 5.02 Å². The summed E-state index contributed by atoms with van der Waals surface area (Å²) < 4.78 is 9.90. The second kappa shape index (κ2) is 9.58. The van der Waals surface area contributed by atoms with Gasteiger partial charge in [0.2, 0.25) is 0 Å². The van der Waals surface area contributed by atoms with E-state index in [9.17, 15) is 14.4 Å². The number of carbonyl (C=O) groups excluding carboxylic acids is 3. The van der Waals surface area contributed by atoms with Crippen molar-refractivity contribution in [3.63, 3.8) is 0 Å². The summed E-state index contributed by atoms with van der Waals surface area (Å²) in [6.45, 7) is -0.442. The molecule has 0 aliphatic heterocycles. The topological polar surface area (TPSA) is 81.7 Å². The summed E-state index contributed by atoms with van der Waals surface area (Å²) in [5.74, 6) is -0.787.